The molecule has 2 aromatic heterocycles. The molecule has 3 atom stereocenters. The second-order valence-electron chi connectivity index (χ2n) is 29.2. The van der Waals surface area contributed by atoms with Crippen molar-refractivity contribution in [3.05, 3.63) is 172 Å². The highest BCUT2D eigenvalue weighted by Gasteiger charge is 2.38. The zero-order chi connectivity index (χ0) is 79.7. The summed E-state index contributed by atoms with van der Waals surface area (Å²) in [5, 5.41) is 15.5. The number of hydrogen-bond acceptors (Lipinski definition) is 20. The minimum atomic E-state index is -0.361. The number of morpholine rings is 1. The molecule has 3 aliphatic carbocycles. The number of carbonyl (C=O) groups is 3. The Morgan fingerprint density at radius 3 is 1.93 bits per heavy atom. The summed E-state index contributed by atoms with van der Waals surface area (Å²) in [4.78, 5) is 49.4. The van der Waals surface area contributed by atoms with Crippen LogP contribution in [0.5, 0.6) is 5.75 Å². The first-order valence-electron chi connectivity index (χ1n) is 40.1. The summed E-state index contributed by atoms with van der Waals surface area (Å²) in [6.45, 7) is 17.5. The predicted molar refractivity (Wildman–Crippen MR) is 460 cm³/mol. The first kappa shape index (κ1) is 90.8. The van der Waals surface area contributed by atoms with E-state index in [9.17, 15) is 14.4 Å². The number of likely N-dealkylation sites (tertiary alicyclic amines) is 2. The summed E-state index contributed by atoms with van der Waals surface area (Å²) >= 11 is 7.60. The zero-order valence-electron chi connectivity index (χ0n) is 67.2. The maximum absolute atomic E-state index is 12.4. The van der Waals surface area contributed by atoms with E-state index in [2.05, 4.69) is 68.3 Å². The number of nitrogens with one attached hydrogen (secondary N) is 5. The van der Waals surface area contributed by atoms with Gasteiger partial charge in [-0.1, -0.05) is 80.1 Å². The average molecular weight is 1570 g/mol. The number of aryl methyl sites for hydroxylation is 2. The van der Waals surface area contributed by atoms with E-state index < -0.39 is 0 Å². The van der Waals surface area contributed by atoms with Crippen LogP contribution in [-0.4, -0.2) is 183 Å². The van der Waals surface area contributed by atoms with Crippen molar-refractivity contribution >= 4 is 78.8 Å². The van der Waals surface area contributed by atoms with E-state index in [-0.39, 0.29) is 18.1 Å². The van der Waals surface area contributed by atoms with Crippen LogP contribution in [0.15, 0.2) is 134 Å². The van der Waals surface area contributed by atoms with Crippen LogP contribution in [0.25, 0.3) is 31.7 Å². The van der Waals surface area contributed by atoms with Crippen LogP contribution < -0.4 is 65.3 Å². The van der Waals surface area contributed by atoms with Gasteiger partial charge in [0.05, 0.1) is 47.4 Å². The Balaban J connectivity index is 0.000000175. The lowest BCUT2D eigenvalue weighted by molar-refractivity contribution is -0.127. The van der Waals surface area contributed by atoms with Crippen LogP contribution in [0.4, 0.5) is 17.1 Å². The number of carbonyl (C=O) groups excluding carboxylic acids is 3. The van der Waals surface area contributed by atoms with Gasteiger partial charge in [-0.15, -0.1) is 11.3 Å². The number of benzene rings is 6. The molecule has 3 amide bonds. The number of amides is 3. The van der Waals surface area contributed by atoms with Crippen molar-refractivity contribution in [1.82, 2.24) is 41.0 Å². The molecule has 8 aliphatic rings. The third-order valence-corrected chi connectivity index (χ3v) is 22.3. The van der Waals surface area contributed by atoms with Gasteiger partial charge >= 0.3 is 0 Å². The zero-order valence-corrected chi connectivity index (χ0v) is 68.8. The Labute approximate surface area is 669 Å². The number of H-pyrrole nitrogens is 1. The fourth-order valence-corrected chi connectivity index (χ4v) is 16.0. The van der Waals surface area contributed by atoms with Gasteiger partial charge < -0.3 is 89.4 Å². The normalized spacial score (nSPS) is 18.5. The summed E-state index contributed by atoms with van der Waals surface area (Å²) in [6, 6.07) is 42.3. The third kappa shape index (κ3) is 30.5. The fraction of sp³-hybridized carbons (Fsp3) is 0.517. The number of hydrogen-bond donors (Lipinski definition) is 11. The molecule has 608 valence electrons. The van der Waals surface area contributed by atoms with Gasteiger partial charge in [0, 0.05) is 117 Å². The molecule has 5 aliphatic heterocycles. The first-order valence-corrected chi connectivity index (χ1v) is 41.3. The Kier molecular flexibility index (Phi) is 41.4. The molecule has 0 spiro atoms. The van der Waals surface area contributed by atoms with Crippen molar-refractivity contribution in [2.75, 3.05) is 137 Å². The number of nitrogens with zero attached hydrogens (tertiary/aromatic N) is 4. The van der Waals surface area contributed by atoms with Gasteiger partial charge in [-0.2, -0.15) is 0 Å². The molecular formula is C87H130ClN15O7S. The number of aromatic amines is 1. The fourth-order valence-electron chi connectivity index (χ4n) is 14.7. The molecule has 6 aromatic carbocycles. The maximum atomic E-state index is 12.4. The molecule has 24 heteroatoms. The molecule has 2 bridgehead atoms. The van der Waals surface area contributed by atoms with Crippen LogP contribution in [-0.2, 0) is 32.0 Å². The summed E-state index contributed by atoms with van der Waals surface area (Å²) in [7, 11) is 8.83. The highest BCUT2D eigenvalue weighted by atomic mass is 35.5. The highest BCUT2D eigenvalue weighted by Crippen LogP contribution is 2.43. The lowest BCUT2D eigenvalue weighted by Gasteiger charge is -2.36. The van der Waals surface area contributed by atoms with Crippen LogP contribution in [0.1, 0.15) is 152 Å². The molecule has 3 unspecified atom stereocenters. The van der Waals surface area contributed by atoms with E-state index in [0.717, 1.165) is 139 Å². The molecule has 17 N–H and O–H groups in total. The summed E-state index contributed by atoms with van der Waals surface area (Å²) in [6.07, 6.45) is 25.4. The number of likely N-dealkylation sites (N-methyl/N-ethyl adjacent to an activating group) is 1. The summed E-state index contributed by atoms with van der Waals surface area (Å²) < 4.78 is 21.1. The topological polar surface area (TPSA) is 331 Å². The van der Waals surface area contributed by atoms with Crippen molar-refractivity contribution < 1.29 is 33.3 Å². The Bertz CT molecular complexity index is 3920. The Hall–Kier alpha value is -7.43. The number of rotatable bonds is 15. The predicted octanol–water partition coefficient (Wildman–Crippen LogP) is 13.0. The standard InChI is InChI=1S/C15H11ClN2O2.C14H12N2S.C11H14N2O.C10H20N2.C7H14N2O.C7H13N.C7H15N.C7H9N.C5H13NO2.C4H9NO/c1-8-6-10(17)3-5-13(8)18-14(19)11-4-2-9(16)7-12(11)15(18)20;1-9-2-7-12-13(8-9)17-14(16-12)10-3-5-11(15)6-4-10;1-14-9-2-3-11-10(6-9)8(4-5-12)7-13-11;1-2-8-12(9-3-1)10-4-6-11-7-5-10;8-4-2-6-9-5-1-3-7(9)10;8-7-4-5-1-2-6(7)3-5;1-8-7-5-3-2-4-6-7;8-6-7-4-2-1-3-5-7;1-6-4-5(7-2)8-3;1-3-6-4-2-5-1/h2-7H,17H2,1H3;2-8H,15H2,1H3;2-3,6-7,13H,4-5,12H2,1H3;10-11H,1-9H2;1-6,8H2;5-7H,1-4,8H2;7-8H,2-6H2,1H3;1-5H,6,8H2;5-6H,4H2,1-3H3;5H,1-4H2. The number of anilines is 3. The molecule has 0 radical (unpaired) electrons. The minimum absolute atomic E-state index is 0.111. The van der Waals surface area contributed by atoms with Crippen LogP contribution in [0.3, 0.4) is 0 Å². The second-order valence-corrected chi connectivity index (χ2v) is 30.7. The van der Waals surface area contributed by atoms with Crippen molar-refractivity contribution in [1.29, 1.82) is 0 Å². The molecule has 16 rings (SSSR count). The largest absolute Gasteiger partial charge is 0.497 e. The van der Waals surface area contributed by atoms with Crippen LogP contribution >= 0.6 is 22.9 Å². The van der Waals surface area contributed by atoms with Gasteiger partial charge in [-0.25, -0.2) is 9.88 Å². The average Bonchev–Trinajstić information content (AvgIpc) is 1.61. The van der Waals surface area contributed by atoms with Gasteiger partial charge in [0.25, 0.3) is 11.8 Å². The lowest BCUT2D eigenvalue weighted by Crippen LogP contribution is -2.45. The number of halogens is 1. The number of piperidine rings is 2. The van der Waals surface area contributed by atoms with Crippen molar-refractivity contribution in [3.63, 3.8) is 0 Å². The molecular weight excluding hydrogens is 1430 g/mol. The first-order chi connectivity index (χ1) is 53.9. The van der Waals surface area contributed by atoms with E-state index in [0.29, 0.717) is 59.1 Å². The number of nitrogens with two attached hydrogens (primary N) is 6. The molecule has 4 saturated heterocycles. The Morgan fingerprint density at radius 1 is 0.694 bits per heavy atom. The number of thiazole rings is 1. The van der Waals surface area contributed by atoms with E-state index in [1.165, 1.54) is 149 Å². The van der Waals surface area contributed by atoms with Crippen molar-refractivity contribution in [2.45, 2.75) is 160 Å². The van der Waals surface area contributed by atoms with E-state index >= 15 is 0 Å². The number of aromatic nitrogens is 2. The number of nitrogen functional groups attached to an aromatic ring is 2. The monoisotopic (exact) mass is 1560 g/mol. The molecule has 22 nitrogen and oxygen atoms in total. The van der Waals surface area contributed by atoms with E-state index in [4.69, 9.17) is 65.0 Å². The van der Waals surface area contributed by atoms with Gasteiger partial charge in [0.1, 0.15) is 10.8 Å². The maximum Gasteiger partial charge on any atom is 0.266 e. The van der Waals surface area contributed by atoms with Crippen LogP contribution in [0, 0.1) is 25.7 Å². The number of ether oxygens (including phenoxy) is 4. The van der Waals surface area contributed by atoms with Crippen molar-refractivity contribution in [2.24, 2.45) is 34.8 Å². The van der Waals surface area contributed by atoms with Crippen LogP contribution in [0.2, 0.25) is 5.02 Å². The molecule has 7 heterocycles. The Morgan fingerprint density at radius 2 is 1.39 bits per heavy atom. The smallest absolute Gasteiger partial charge is 0.266 e. The summed E-state index contributed by atoms with van der Waals surface area (Å²) in [5.74, 6) is 2.42. The quantitative estimate of drug-likeness (QED) is 0.0258. The summed E-state index contributed by atoms with van der Waals surface area (Å²) in [5.41, 5.74) is 43.8. The SMILES string of the molecule is C1CCN(C2CCNCC2)CC1.C1COCCN1.CNC1CCCCC1.CNCC(OC)OC.COc1ccc2[nH]cc(CCN)c2c1.Cc1cc(N)ccc1N1C(=O)c2ccc(Cl)cc2C1=O.Cc1ccc2nc(-c3ccc(N)cc3)sc2c1.NC1CC2CCC1C2.NCCCN1CCCC1=O.NCc1ccccc1. The number of imide groups is 1. The number of methoxy groups -OCH3 is 3. The third-order valence-electron chi connectivity index (χ3n) is 21.0. The lowest BCUT2D eigenvalue weighted by atomic mass is 9.96. The molecule has 3 saturated carbocycles. The van der Waals surface area contributed by atoms with E-state index in [1.54, 1.807) is 63.0 Å². The molecule has 111 heavy (non-hydrogen) atoms. The van der Waals surface area contributed by atoms with Gasteiger partial charge in [-0.05, 0) is 269 Å². The minimum Gasteiger partial charge on any atom is -0.497 e. The molecule has 7 fully saturated rings. The van der Waals surface area contributed by atoms with Gasteiger partial charge in [0.15, 0.2) is 6.29 Å². The van der Waals surface area contributed by atoms with Gasteiger partial charge in [-0.3, -0.25) is 14.4 Å². The second kappa shape index (κ2) is 50.6. The van der Waals surface area contributed by atoms with Crippen molar-refractivity contribution in [3.8, 4) is 16.3 Å². The highest BCUT2D eigenvalue weighted by molar-refractivity contribution is 7.21. The van der Waals surface area contributed by atoms with Gasteiger partial charge in [0.2, 0.25) is 5.91 Å². The van der Waals surface area contributed by atoms with E-state index in [1.807, 2.05) is 97.9 Å². The number of fused-ring (bicyclic) bond motifs is 5. The molecule has 8 aromatic rings.